The lowest BCUT2D eigenvalue weighted by Crippen LogP contribution is -2.44. The zero-order chi connectivity index (χ0) is 9.49. The van der Waals surface area contributed by atoms with Gasteiger partial charge < -0.3 is 0 Å². The Kier molecular flexibility index (Phi) is 3.02. The second-order valence-electron chi connectivity index (χ2n) is 4.11. The number of rotatable bonds is 0. The molecule has 0 aromatic heterocycles. The van der Waals surface area contributed by atoms with E-state index in [1.807, 2.05) is 0 Å². The lowest BCUT2D eigenvalue weighted by Gasteiger charge is -2.47. The molecule has 0 N–H and O–H groups in total. The average Bonchev–Trinajstić information content (AvgIpc) is 2.81. The van der Waals surface area contributed by atoms with Crippen LogP contribution in [0.2, 0.25) is 0 Å². The smallest absolute Gasteiger partial charge is 0.0848 e. The highest BCUT2D eigenvalue weighted by Crippen LogP contribution is 2.68. The molecule has 3 fully saturated rings. The van der Waals surface area contributed by atoms with Crippen molar-refractivity contribution < 1.29 is 0 Å². The third-order valence-electron chi connectivity index (χ3n) is 3.35. The summed E-state index contributed by atoms with van der Waals surface area (Å²) in [6.45, 7) is 0. The second kappa shape index (κ2) is 4.01. The van der Waals surface area contributed by atoms with Crippen LogP contribution in [0.15, 0.2) is 0 Å². The highest BCUT2D eigenvalue weighted by Gasteiger charge is 2.57. The van der Waals surface area contributed by atoms with Gasteiger partial charge in [-0.1, -0.05) is 12.8 Å². The van der Waals surface area contributed by atoms with Crippen molar-refractivity contribution in [1.29, 1.82) is 0 Å². The topological polar surface area (TPSA) is 0 Å². The summed E-state index contributed by atoms with van der Waals surface area (Å²) in [6, 6.07) is 0. The molecule has 1 aliphatic carbocycles. The number of hydrogen-bond acceptors (Lipinski definition) is 4. The zero-order valence-corrected chi connectivity index (χ0v) is 11.6. The Morgan fingerprint density at radius 3 is 1.29 bits per heavy atom. The molecule has 3 rings (SSSR count). The molecule has 0 nitrogen and oxygen atoms in total. The molecule has 0 unspecified atom stereocenters. The fourth-order valence-corrected chi connectivity index (χ4v) is 10.9. The number of fused-ring (bicyclic) bond motifs is 1. The summed E-state index contributed by atoms with van der Waals surface area (Å²) in [6.07, 6.45) is 5.90. The van der Waals surface area contributed by atoms with Gasteiger partial charge in [0.1, 0.15) is 0 Å². The summed E-state index contributed by atoms with van der Waals surface area (Å²) in [7, 11) is 0. The van der Waals surface area contributed by atoms with Gasteiger partial charge in [-0.15, -0.1) is 47.0 Å². The summed E-state index contributed by atoms with van der Waals surface area (Å²) >= 11 is 9.13. The van der Waals surface area contributed by atoms with E-state index in [0.717, 1.165) is 0 Å². The standard InChI is InChI=1S/C10H16S4/c1-2-4-10(13-7-8-14-10)9(3-1)11-5-6-12-9/h1-8H2. The maximum Gasteiger partial charge on any atom is 0.0848 e. The molecule has 14 heavy (non-hydrogen) atoms. The maximum atomic E-state index is 2.28. The molecule has 0 aromatic rings. The Balaban J connectivity index is 1.91. The minimum Gasteiger partial charge on any atom is -0.141 e. The van der Waals surface area contributed by atoms with Gasteiger partial charge in [-0.25, -0.2) is 0 Å². The molecule has 1 saturated carbocycles. The lowest BCUT2D eigenvalue weighted by atomic mass is 9.98. The van der Waals surface area contributed by atoms with Crippen molar-refractivity contribution in [2.24, 2.45) is 0 Å². The number of hydrogen-bond donors (Lipinski definition) is 0. The molecule has 2 spiro atoms. The number of thioether (sulfide) groups is 4. The minimum atomic E-state index is 0.608. The van der Waals surface area contributed by atoms with Crippen LogP contribution in [0.5, 0.6) is 0 Å². The molecule has 0 atom stereocenters. The van der Waals surface area contributed by atoms with Crippen LogP contribution in [-0.4, -0.2) is 31.2 Å². The molecule has 0 radical (unpaired) electrons. The van der Waals surface area contributed by atoms with Gasteiger partial charge >= 0.3 is 0 Å². The molecule has 2 saturated heterocycles. The Hall–Kier alpha value is 1.40. The van der Waals surface area contributed by atoms with Crippen molar-refractivity contribution in [2.75, 3.05) is 23.0 Å². The van der Waals surface area contributed by atoms with E-state index in [2.05, 4.69) is 47.0 Å². The van der Waals surface area contributed by atoms with E-state index in [4.69, 9.17) is 0 Å². The SMILES string of the molecule is C1CCC2(SCCS2)C2(C1)SCCS2. The van der Waals surface area contributed by atoms with Gasteiger partial charge in [0, 0.05) is 23.0 Å². The van der Waals surface area contributed by atoms with Crippen molar-refractivity contribution in [3.8, 4) is 0 Å². The summed E-state index contributed by atoms with van der Waals surface area (Å²) < 4.78 is 1.22. The van der Waals surface area contributed by atoms with E-state index in [0.29, 0.717) is 8.16 Å². The van der Waals surface area contributed by atoms with Crippen LogP contribution in [0.25, 0.3) is 0 Å². The molecular formula is C10H16S4. The first-order chi connectivity index (χ1) is 6.87. The largest absolute Gasteiger partial charge is 0.141 e. The van der Waals surface area contributed by atoms with Crippen LogP contribution >= 0.6 is 47.0 Å². The van der Waals surface area contributed by atoms with Crippen LogP contribution in [0, 0.1) is 0 Å². The summed E-state index contributed by atoms with van der Waals surface area (Å²) in [4.78, 5) is 0. The van der Waals surface area contributed by atoms with E-state index in [9.17, 15) is 0 Å². The monoisotopic (exact) mass is 264 g/mol. The first kappa shape index (κ1) is 10.5. The Morgan fingerprint density at radius 2 is 0.929 bits per heavy atom. The molecule has 2 aliphatic heterocycles. The predicted molar refractivity (Wildman–Crippen MR) is 73.8 cm³/mol. The fraction of sp³-hybridized carbons (Fsp3) is 1.00. The van der Waals surface area contributed by atoms with E-state index in [1.54, 1.807) is 0 Å². The Bertz CT molecular complexity index is 192. The van der Waals surface area contributed by atoms with Gasteiger partial charge in [0.15, 0.2) is 0 Å². The van der Waals surface area contributed by atoms with Gasteiger partial charge in [-0.2, -0.15) is 0 Å². The first-order valence-corrected chi connectivity index (χ1v) is 9.37. The maximum absolute atomic E-state index is 2.28. The molecule has 4 heteroatoms. The van der Waals surface area contributed by atoms with Gasteiger partial charge in [-0.3, -0.25) is 0 Å². The molecule has 2 heterocycles. The lowest BCUT2D eigenvalue weighted by molar-refractivity contribution is 0.481. The van der Waals surface area contributed by atoms with Crippen LogP contribution in [0.4, 0.5) is 0 Å². The normalized spacial score (nSPS) is 34.3. The first-order valence-electron chi connectivity index (χ1n) is 5.43. The molecule has 3 aliphatic rings. The van der Waals surface area contributed by atoms with E-state index < -0.39 is 0 Å². The van der Waals surface area contributed by atoms with Crippen molar-refractivity contribution in [3.05, 3.63) is 0 Å². The van der Waals surface area contributed by atoms with E-state index >= 15 is 0 Å². The summed E-state index contributed by atoms with van der Waals surface area (Å²) in [5.41, 5.74) is 0. The minimum absolute atomic E-state index is 0.608. The zero-order valence-electron chi connectivity index (χ0n) is 8.29. The van der Waals surface area contributed by atoms with Crippen LogP contribution < -0.4 is 0 Å². The van der Waals surface area contributed by atoms with Crippen LogP contribution in [0.3, 0.4) is 0 Å². The highest BCUT2D eigenvalue weighted by molar-refractivity contribution is 8.28. The molecule has 0 aromatic carbocycles. The van der Waals surface area contributed by atoms with Gasteiger partial charge in [-0.05, 0) is 12.8 Å². The third-order valence-corrected chi connectivity index (χ3v) is 11.5. The van der Waals surface area contributed by atoms with Crippen molar-refractivity contribution in [3.63, 3.8) is 0 Å². The highest BCUT2D eigenvalue weighted by atomic mass is 32.2. The van der Waals surface area contributed by atoms with Crippen molar-refractivity contribution in [2.45, 2.75) is 33.8 Å². The van der Waals surface area contributed by atoms with Gasteiger partial charge in [0.25, 0.3) is 0 Å². The van der Waals surface area contributed by atoms with E-state index in [1.165, 1.54) is 48.7 Å². The molecular weight excluding hydrogens is 248 g/mol. The quantitative estimate of drug-likeness (QED) is 0.650. The third kappa shape index (κ3) is 1.47. The van der Waals surface area contributed by atoms with Crippen molar-refractivity contribution >= 4 is 47.0 Å². The van der Waals surface area contributed by atoms with Crippen LogP contribution in [0.1, 0.15) is 25.7 Å². The molecule has 80 valence electrons. The van der Waals surface area contributed by atoms with Gasteiger partial charge in [0.2, 0.25) is 0 Å². The Morgan fingerprint density at radius 1 is 0.571 bits per heavy atom. The Labute approximate surface area is 103 Å². The second-order valence-corrected chi connectivity index (χ2v) is 10.2. The fourth-order valence-electron chi connectivity index (χ4n) is 2.73. The van der Waals surface area contributed by atoms with Gasteiger partial charge in [0.05, 0.1) is 8.16 Å². The summed E-state index contributed by atoms with van der Waals surface area (Å²) in [5.74, 6) is 5.59. The summed E-state index contributed by atoms with van der Waals surface area (Å²) in [5, 5.41) is 0. The van der Waals surface area contributed by atoms with Crippen molar-refractivity contribution in [1.82, 2.24) is 0 Å². The molecule has 0 amide bonds. The predicted octanol–water partition coefficient (Wildman–Crippen LogP) is 3.91. The average molecular weight is 265 g/mol. The van der Waals surface area contributed by atoms with E-state index in [-0.39, 0.29) is 0 Å². The molecule has 0 bridgehead atoms. The van der Waals surface area contributed by atoms with Crippen LogP contribution in [-0.2, 0) is 0 Å².